The summed E-state index contributed by atoms with van der Waals surface area (Å²) >= 11 is 0. The maximum Gasteiger partial charge on any atom is 0.225 e. The number of nitrogens with one attached hydrogen (secondary N) is 1. The van der Waals surface area contributed by atoms with Crippen molar-refractivity contribution in [3.63, 3.8) is 0 Å². The van der Waals surface area contributed by atoms with E-state index >= 15 is 0 Å². The number of piperidine rings is 1. The summed E-state index contributed by atoms with van der Waals surface area (Å²) in [6, 6.07) is -0.232. The molecule has 2 fully saturated rings. The van der Waals surface area contributed by atoms with Gasteiger partial charge in [-0.25, -0.2) is 13.4 Å². The second-order valence-electron chi connectivity index (χ2n) is 5.96. The normalized spacial score (nSPS) is 27.5. The molecule has 2 saturated heterocycles. The van der Waals surface area contributed by atoms with Crippen molar-refractivity contribution in [1.82, 2.24) is 15.3 Å². The van der Waals surface area contributed by atoms with E-state index in [0.717, 1.165) is 25.2 Å². The first-order chi connectivity index (χ1) is 10.5. The average molecular weight is 324 g/mol. The van der Waals surface area contributed by atoms with Crippen molar-refractivity contribution in [2.24, 2.45) is 5.92 Å². The first kappa shape index (κ1) is 15.2. The average Bonchev–Trinajstić information content (AvgIpc) is 2.87. The minimum atomic E-state index is -2.97. The molecule has 7 nitrogen and oxygen atoms in total. The number of hydrogen-bond donors (Lipinski definition) is 1. The van der Waals surface area contributed by atoms with E-state index in [9.17, 15) is 13.2 Å². The Morgan fingerprint density at radius 2 is 2.18 bits per heavy atom. The van der Waals surface area contributed by atoms with Crippen molar-refractivity contribution in [3.8, 4) is 0 Å². The van der Waals surface area contributed by atoms with E-state index in [1.165, 1.54) is 0 Å². The van der Waals surface area contributed by atoms with Gasteiger partial charge >= 0.3 is 0 Å². The summed E-state index contributed by atoms with van der Waals surface area (Å²) in [5.74, 6) is 0.853. The zero-order valence-corrected chi connectivity index (χ0v) is 13.1. The van der Waals surface area contributed by atoms with Crippen LogP contribution >= 0.6 is 0 Å². The molecule has 0 spiro atoms. The highest BCUT2D eigenvalue weighted by atomic mass is 32.2. The number of nitrogens with zero attached hydrogens (tertiary/aromatic N) is 3. The smallest absolute Gasteiger partial charge is 0.225 e. The number of carbonyl (C=O) groups is 1. The SMILES string of the molecule is O=C(N[C@H]1CCS(=O)(=O)C1)[C@H]1CCCN(c2cnccn2)C1. The molecule has 2 aliphatic heterocycles. The highest BCUT2D eigenvalue weighted by molar-refractivity contribution is 7.91. The lowest BCUT2D eigenvalue weighted by molar-refractivity contribution is -0.125. The van der Waals surface area contributed by atoms with Gasteiger partial charge in [-0.15, -0.1) is 0 Å². The number of carbonyl (C=O) groups excluding carboxylic acids is 1. The Hall–Kier alpha value is -1.70. The molecule has 1 aromatic heterocycles. The van der Waals surface area contributed by atoms with Crippen molar-refractivity contribution in [1.29, 1.82) is 0 Å². The van der Waals surface area contributed by atoms with Crippen molar-refractivity contribution in [2.75, 3.05) is 29.5 Å². The van der Waals surface area contributed by atoms with E-state index < -0.39 is 9.84 Å². The lowest BCUT2D eigenvalue weighted by Gasteiger charge is -2.33. The predicted molar refractivity (Wildman–Crippen MR) is 82.2 cm³/mol. The van der Waals surface area contributed by atoms with Gasteiger partial charge in [0.15, 0.2) is 9.84 Å². The molecule has 1 aromatic rings. The number of sulfone groups is 1. The van der Waals surface area contributed by atoms with Gasteiger partial charge in [0.25, 0.3) is 0 Å². The molecule has 22 heavy (non-hydrogen) atoms. The lowest BCUT2D eigenvalue weighted by atomic mass is 9.96. The maximum atomic E-state index is 12.4. The molecule has 0 aromatic carbocycles. The van der Waals surface area contributed by atoms with Crippen molar-refractivity contribution in [2.45, 2.75) is 25.3 Å². The van der Waals surface area contributed by atoms with E-state index in [1.807, 2.05) is 0 Å². The third kappa shape index (κ3) is 3.55. The summed E-state index contributed by atoms with van der Waals surface area (Å²) in [5, 5.41) is 2.90. The molecule has 0 saturated carbocycles. The maximum absolute atomic E-state index is 12.4. The molecule has 1 amide bonds. The number of amides is 1. The van der Waals surface area contributed by atoms with Gasteiger partial charge in [0.05, 0.1) is 23.6 Å². The topological polar surface area (TPSA) is 92.3 Å². The summed E-state index contributed by atoms with van der Waals surface area (Å²) in [4.78, 5) is 22.8. The van der Waals surface area contributed by atoms with Crippen LogP contribution in [0.15, 0.2) is 18.6 Å². The summed E-state index contributed by atoms with van der Waals surface area (Å²) in [6.45, 7) is 1.46. The van der Waals surface area contributed by atoms with Gasteiger partial charge in [0, 0.05) is 31.5 Å². The molecule has 1 N–H and O–H groups in total. The molecule has 3 heterocycles. The minimum Gasteiger partial charge on any atom is -0.355 e. The fraction of sp³-hybridized carbons (Fsp3) is 0.643. The Kier molecular flexibility index (Phi) is 4.28. The molecule has 0 aliphatic carbocycles. The van der Waals surface area contributed by atoms with Crippen LogP contribution in [0.2, 0.25) is 0 Å². The number of hydrogen-bond acceptors (Lipinski definition) is 6. The molecule has 2 atom stereocenters. The number of rotatable bonds is 3. The highest BCUT2D eigenvalue weighted by Gasteiger charge is 2.32. The second-order valence-corrected chi connectivity index (χ2v) is 8.19. The third-order valence-electron chi connectivity index (χ3n) is 4.24. The van der Waals surface area contributed by atoms with E-state index in [1.54, 1.807) is 18.6 Å². The van der Waals surface area contributed by atoms with Crippen LogP contribution in [0.1, 0.15) is 19.3 Å². The fourth-order valence-electron chi connectivity index (χ4n) is 3.08. The molecule has 0 bridgehead atoms. The molecule has 0 radical (unpaired) electrons. The zero-order chi connectivity index (χ0) is 15.6. The molecule has 3 rings (SSSR count). The standard InChI is InChI=1S/C14H20N4O3S/c19-14(17-12-3-7-22(20,21)10-12)11-2-1-6-18(9-11)13-8-15-4-5-16-13/h4-5,8,11-12H,1-3,6-7,9-10H2,(H,17,19)/t11-,12-/m0/s1. The predicted octanol–water partition coefficient (Wildman–Crippen LogP) is -0.00370. The van der Waals surface area contributed by atoms with Crippen molar-refractivity contribution < 1.29 is 13.2 Å². The summed E-state index contributed by atoms with van der Waals surface area (Å²) < 4.78 is 22.9. The van der Waals surface area contributed by atoms with Gasteiger partial charge in [-0.2, -0.15) is 0 Å². The monoisotopic (exact) mass is 324 g/mol. The van der Waals surface area contributed by atoms with Crippen LogP contribution in [-0.2, 0) is 14.6 Å². The molecule has 2 aliphatic rings. The van der Waals surface area contributed by atoms with Crippen LogP contribution in [0.25, 0.3) is 0 Å². The van der Waals surface area contributed by atoms with Crippen LogP contribution in [0.4, 0.5) is 5.82 Å². The van der Waals surface area contributed by atoms with Crippen LogP contribution < -0.4 is 10.2 Å². The van der Waals surface area contributed by atoms with Gasteiger partial charge in [0.2, 0.25) is 5.91 Å². The van der Waals surface area contributed by atoms with Gasteiger partial charge in [-0.05, 0) is 19.3 Å². The van der Waals surface area contributed by atoms with Crippen molar-refractivity contribution >= 4 is 21.6 Å². The quantitative estimate of drug-likeness (QED) is 0.841. The summed E-state index contributed by atoms with van der Waals surface area (Å²) in [5.41, 5.74) is 0. The Morgan fingerprint density at radius 3 is 2.86 bits per heavy atom. The Morgan fingerprint density at radius 1 is 1.32 bits per heavy atom. The molecule has 0 unspecified atom stereocenters. The van der Waals surface area contributed by atoms with Gasteiger partial charge < -0.3 is 10.2 Å². The number of aromatic nitrogens is 2. The molecule has 120 valence electrons. The number of anilines is 1. The highest BCUT2D eigenvalue weighted by Crippen LogP contribution is 2.21. The van der Waals surface area contributed by atoms with Gasteiger partial charge in [-0.3, -0.25) is 9.78 Å². The molecular weight excluding hydrogens is 304 g/mol. The first-order valence-corrected chi connectivity index (χ1v) is 9.37. The van der Waals surface area contributed by atoms with Crippen molar-refractivity contribution in [3.05, 3.63) is 18.6 Å². The second kappa shape index (κ2) is 6.20. The fourth-order valence-corrected chi connectivity index (χ4v) is 4.75. The molecular formula is C14H20N4O3S. The minimum absolute atomic E-state index is 0.0457. The van der Waals surface area contributed by atoms with E-state index in [-0.39, 0.29) is 29.4 Å². The van der Waals surface area contributed by atoms with E-state index in [2.05, 4.69) is 20.2 Å². The zero-order valence-electron chi connectivity index (χ0n) is 12.3. The largest absolute Gasteiger partial charge is 0.355 e. The van der Waals surface area contributed by atoms with Crippen LogP contribution in [0.3, 0.4) is 0 Å². The first-order valence-electron chi connectivity index (χ1n) is 7.55. The van der Waals surface area contributed by atoms with Crippen LogP contribution in [0.5, 0.6) is 0 Å². The summed E-state index contributed by atoms with van der Waals surface area (Å²) in [6.07, 6.45) is 7.22. The Labute approximate surface area is 130 Å². The van der Waals surface area contributed by atoms with E-state index in [0.29, 0.717) is 13.0 Å². The van der Waals surface area contributed by atoms with E-state index in [4.69, 9.17) is 0 Å². The summed E-state index contributed by atoms with van der Waals surface area (Å²) in [7, 11) is -2.97. The van der Waals surface area contributed by atoms with Crippen LogP contribution in [-0.4, -0.2) is 54.9 Å². The Balaban J connectivity index is 1.59. The Bertz CT molecular complexity index is 635. The van der Waals surface area contributed by atoms with Gasteiger partial charge in [-0.1, -0.05) is 0 Å². The van der Waals surface area contributed by atoms with Gasteiger partial charge in [0.1, 0.15) is 5.82 Å². The van der Waals surface area contributed by atoms with Crippen LogP contribution in [0, 0.1) is 5.92 Å². The molecule has 8 heteroatoms. The lowest BCUT2D eigenvalue weighted by Crippen LogP contribution is -2.46. The third-order valence-corrected chi connectivity index (χ3v) is 6.01.